The van der Waals surface area contributed by atoms with Crippen LogP contribution in [0.15, 0.2) is 59.6 Å². The second-order valence-electron chi connectivity index (χ2n) is 6.75. The zero-order chi connectivity index (χ0) is 19.0. The van der Waals surface area contributed by atoms with Gasteiger partial charge in [0.15, 0.2) is 5.96 Å². The lowest BCUT2D eigenvalue weighted by molar-refractivity contribution is 0.0617. The third kappa shape index (κ3) is 5.77. The van der Waals surface area contributed by atoms with Crippen LogP contribution < -0.4 is 15.5 Å². The number of aliphatic imine (C=N–C) groups is 1. The van der Waals surface area contributed by atoms with Crippen LogP contribution in [-0.4, -0.2) is 38.3 Å². The molecule has 0 aliphatic heterocycles. The maximum atomic E-state index is 10.7. The van der Waals surface area contributed by atoms with Crippen LogP contribution in [0.1, 0.15) is 25.0 Å². The molecule has 2 aromatic carbocycles. The van der Waals surface area contributed by atoms with Crippen molar-refractivity contribution < 1.29 is 5.11 Å². The van der Waals surface area contributed by atoms with Crippen LogP contribution in [0.5, 0.6) is 0 Å². The van der Waals surface area contributed by atoms with E-state index in [0.29, 0.717) is 19.0 Å². The highest BCUT2D eigenvalue weighted by Crippen LogP contribution is 2.19. The van der Waals surface area contributed by atoms with E-state index in [2.05, 4.69) is 44.8 Å². The largest absolute Gasteiger partial charge is 0.384 e. The predicted octanol–water partition coefficient (Wildman–Crippen LogP) is 2.72. The first kappa shape index (κ1) is 19.8. The van der Waals surface area contributed by atoms with Gasteiger partial charge in [-0.25, -0.2) is 4.99 Å². The van der Waals surface area contributed by atoms with Crippen LogP contribution in [0, 0.1) is 0 Å². The van der Waals surface area contributed by atoms with Crippen molar-refractivity contribution in [1.29, 1.82) is 0 Å². The Morgan fingerprint density at radius 1 is 1.04 bits per heavy atom. The number of nitrogens with one attached hydrogen (secondary N) is 2. The fourth-order valence-electron chi connectivity index (χ4n) is 2.57. The summed E-state index contributed by atoms with van der Waals surface area (Å²) in [5, 5.41) is 17.2. The number of guanidine groups is 1. The highest BCUT2D eigenvalue weighted by Gasteiger charge is 2.22. The molecule has 0 amide bonds. The lowest BCUT2D eigenvalue weighted by Gasteiger charge is -2.25. The maximum Gasteiger partial charge on any atom is 0.191 e. The summed E-state index contributed by atoms with van der Waals surface area (Å²) in [5.41, 5.74) is 2.22. The molecule has 0 aromatic heterocycles. The van der Waals surface area contributed by atoms with Crippen molar-refractivity contribution in [2.45, 2.75) is 26.0 Å². The van der Waals surface area contributed by atoms with Gasteiger partial charge in [0.05, 0.1) is 13.1 Å². The Morgan fingerprint density at radius 3 is 2.27 bits per heavy atom. The SMILES string of the molecule is CCNC(=NCc1ccc(N(C)C)cc1)NCC(C)(O)c1ccccc1. The highest BCUT2D eigenvalue weighted by molar-refractivity contribution is 5.79. The Kier molecular flexibility index (Phi) is 7.04. The van der Waals surface area contributed by atoms with Gasteiger partial charge in [-0.3, -0.25) is 0 Å². The van der Waals surface area contributed by atoms with Gasteiger partial charge in [0.2, 0.25) is 0 Å². The molecule has 5 heteroatoms. The van der Waals surface area contributed by atoms with Crippen LogP contribution in [0.25, 0.3) is 0 Å². The second-order valence-corrected chi connectivity index (χ2v) is 6.75. The van der Waals surface area contributed by atoms with Crippen molar-refractivity contribution in [1.82, 2.24) is 10.6 Å². The summed E-state index contributed by atoms with van der Waals surface area (Å²) in [6.45, 7) is 5.55. The first-order valence-electron chi connectivity index (χ1n) is 8.98. The minimum atomic E-state index is -0.967. The smallest absolute Gasteiger partial charge is 0.191 e. The zero-order valence-electron chi connectivity index (χ0n) is 16.2. The summed E-state index contributed by atoms with van der Waals surface area (Å²) in [6.07, 6.45) is 0. The van der Waals surface area contributed by atoms with Crippen LogP contribution in [0.2, 0.25) is 0 Å². The van der Waals surface area contributed by atoms with Crippen molar-refractivity contribution in [2.24, 2.45) is 4.99 Å². The lowest BCUT2D eigenvalue weighted by Crippen LogP contribution is -2.44. The third-order valence-corrected chi connectivity index (χ3v) is 4.21. The van der Waals surface area contributed by atoms with Gasteiger partial charge in [-0.2, -0.15) is 0 Å². The van der Waals surface area contributed by atoms with Gasteiger partial charge in [0.1, 0.15) is 5.60 Å². The van der Waals surface area contributed by atoms with Crippen LogP contribution in [0.4, 0.5) is 5.69 Å². The van der Waals surface area contributed by atoms with Crippen molar-refractivity contribution in [3.05, 3.63) is 65.7 Å². The standard InChI is InChI=1S/C21H30N4O/c1-5-22-20(23-15-17-11-13-19(14-12-17)25(3)4)24-16-21(2,26)18-9-7-6-8-10-18/h6-14,26H,5,15-16H2,1-4H3,(H2,22,23,24). The molecule has 5 nitrogen and oxygen atoms in total. The lowest BCUT2D eigenvalue weighted by atomic mass is 9.96. The molecule has 0 radical (unpaired) electrons. The van der Waals surface area contributed by atoms with Crippen LogP contribution >= 0.6 is 0 Å². The second kappa shape index (κ2) is 9.25. The maximum absolute atomic E-state index is 10.7. The molecule has 0 spiro atoms. The number of hydrogen-bond donors (Lipinski definition) is 3. The first-order chi connectivity index (χ1) is 12.4. The van der Waals surface area contributed by atoms with Gasteiger partial charge in [0, 0.05) is 26.3 Å². The van der Waals surface area contributed by atoms with E-state index in [1.807, 2.05) is 51.4 Å². The van der Waals surface area contributed by atoms with Gasteiger partial charge in [-0.1, -0.05) is 42.5 Å². The van der Waals surface area contributed by atoms with E-state index in [-0.39, 0.29) is 0 Å². The predicted molar refractivity (Wildman–Crippen MR) is 110 cm³/mol. The molecule has 140 valence electrons. The quantitative estimate of drug-likeness (QED) is 0.529. The van der Waals surface area contributed by atoms with E-state index in [9.17, 15) is 5.11 Å². The molecule has 0 saturated carbocycles. The molecule has 3 N–H and O–H groups in total. The van der Waals surface area contributed by atoms with Gasteiger partial charge in [-0.15, -0.1) is 0 Å². The van der Waals surface area contributed by atoms with Crippen LogP contribution in [0.3, 0.4) is 0 Å². The Hall–Kier alpha value is -2.53. The first-order valence-corrected chi connectivity index (χ1v) is 8.98. The summed E-state index contributed by atoms with van der Waals surface area (Å²) >= 11 is 0. The highest BCUT2D eigenvalue weighted by atomic mass is 16.3. The molecular formula is C21H30N4O. The molecule has 2 rings (SSSR count). The average molecular weight is 354 g/mol. The van der Waals surface area contributed by atoms with E-state index in [4.69, 9.17) is 0 Å². The molecule has 26 heavy (non-hydrogen) atoms. The van der Waals surface area contributed by atoms with Crippen molar-refractivity contribution in [3.8, 4) is 0 Å². The van der Waals surface area contributed by atoms with E-state index in [1.165, 1.54) is 5.69 Å². The van der Waals surface area contributed by atoms with Gasteiger partial charge >= 0.3 is 0 Å². The Balaban J connectivity index is 2.00. The minimum Gasteiger partial charge on any atom is -0.384 e. The fourth-order valence-corrected chi connectivity index (χ4v) is 2.57. The van der Waals surface area contributed by atoms with E-state index >= 15 is 0 Å². The summed E-state index contributed by atoms with van der Waals surface area (Å²) in [6, 6.07) is 18.0. The normalized spacial score (nSPS) is 13.8. The number of rotatable bonds is 7. The summed E-state index contributed by atoms with van der Waals surface area (Å²) in [7, 11) is 4.05. The molecule has 0 aliphatic carbocycles. The Morgan fingerprint density at radius 2 is 1.69 bits per heavy atom. The number of hydrogen-bond acceptors (Lipinski definition) is 3. The number of nitrogens with zero attached hydrogens (tertiary/aromatic N) is 2. The van der Waals surface area contributed by atoms with Gasteiger partial charge in [0.25, 0.3) is 0 Å². The molecule has 1 atom stereocenters. The molecule has 2 aromatic rings. The van der Waals surface area contributed by atoms with E-state index < -0.39 is 5.60 Å². The van der Waals surface area contributed by atoms with E-state index in [0.717, 1.165) is 17.7 Å². The molecule has 0 fully saturated rings. The molecule has 0 bridgehead atoms. The molecule has 0 saturated heterocycles. The molecule has 0 aliphatic rings. The fraction of sp³-hybridized carbons (Fsp3) is 0.381. The average Bonchev–Trinajstić information content (AvgIpc) is 2.65. The summed E-state index contributed by atoms with van der Waals surface area (Å²) < 4.78 is 0. The topological polar surface area (TPSA) is 59.9 Å². The molecular weight excluding hydrogens is 324 g/mol. The van der Waals surface area contributed by atoms with Gasteiger partial charge < -0.3 is 20.6 Å². The summed E-state index contributed by atoms with van der Waals surface area (Å²) in [5.74, 6) is 0.695. The molecule has 1 unspecified atom stereocenters. The van der Waals surface area contributed by atoms with Crippen molar-refractivity contribution in [3.63, 3.8) is 0 Å². The minimum absolute atomic E-state index is 0.377. The summed E-state index contributed by atoms with van der Waals surface area (Å²) in [4.78, 5) is 6.70. The van der Waals surface area contributed by atoms with E-state index in [1.54, 1.807) is 6.92 Å². The van der Waals surface area contributed by atoms with Crippen molar-refractivity contribution >= 4 is 11.6 Å². The Labute approximate surface area is 156 Å². The monoisotopic (exact) mass is 354 g/mol. The zero-order valence-corrected chi connectivity index (χ0v) is 16.2. The number of aliphatic hydroxyl groups is 1. The number of anilines is 1. The van der Waals surface area contributed by atoms with Crippen molar-refractivity contribution in [2.75, 3.05) is 32.1 Å². The third-order valence-electron chi connectivity index (χ3n) is 4.21. The molecule has 0 heterocycles. The van der Waals surface area contributed by atoms with Gasteiger partial charge in [-0.05, 0) is 37.1 Å². The Bertz CT molecular complexity index is 694. The van der Waals surface area contributed by atoms with Crippen LogP contribution in [-0.2, 0) is 12.1 Å². The number of benzene rings is 2.